The molecule has 1 aromatic rings. The predicted molar refractivity (Wildman–Crippen MR) is 67.0 cm³/mol. The lowest BCUT2D eigenvalue weighted by molar-refractivity contribution is -0.117. The Morgan fingerprint density at radius 1 is 1.33 bits per heavy atom. The van der Waals surface area contributed by atoms with Crippen molar-refractivity contribution in [3.8, 4) is 0 Å². The summed E-state index contributed by atoms with van der Waals surface area (Å²) in [7, 11) is 0. The molecule has 0 saturated heterocycles. The topological polar surface area (TPSA) is 55.1 Å². The molecule has 0 aliphatic carbocycles. The predicted octanol–water partition coefficient (Wildman–Crippen LogP) is 2.67. The first-order valence-corrected chi connectivity index (χ1v) is 5.70. The van der Waals surface area contributed by atoms with Crippen LogP contribution in [0, 0.1) is 17.0 Å². The summed E-state index contributed by atoms with van der Waals surface area (Å²) in [4.78, 5) is 11.7. The Labute approximate surface area is 105 Å². The second-order valence-corrected chi connectivity index (χ2v) is 5.35. The Balaban J connectivity index is 2.62. The second-order valence-electron chi connectivity index (χ2n) is 5.35. The van der Waals surface area contributed by atoms with E-state index in [0.29, 0.717) is 0 Å². The zero-order valence-electron chi connectivity index (χ0n) is 10.8. The first-order valence-electron chi connectivity index (χ1n) is 5.70. The number of nitrogens with one attached hydrogen (secondary N) is 1. The van der Waals surface area contributed by atoms with E-state index in [0.717, 1.165) is 12.1 Å². The van der Waals surface area contributed by atoms with E-state index in [9.17, 15) is 13.6 Å². The zero-order chi connectivity index (χ0) is 13.9. The van der Waals surface area contributed by atoms with E-state index in [1.165, 1.54) is 6.07 Å². The molecule has 3 N–H and O–H groups in total. The summed E-state index contributed by atoms with van der Waals surface area (Å²) in [6.45, 7) is 5.80. The Morgan fingerprint density at radius 2 is 1.94 bits per heavy atom. The highest BCUT2D eigenvalue weighted by Crippen LogP contribution is 2.20. The van der Waals surface area contributed by atoms with Gasteiger partial charge >= 0.3 is 0 Å². The van der Waals surface area contributed by atoms with Gasteiger partial charge in [-0.25, -0.2) is 8.78 Å². The van der Waals surface area contributed by atoms with Crippen molar-refractivity contribution >= 4 is 11.6 Å². The molecule has 0 bridgehead atoms. The number of nitrogens with two attached hydrogens (primary N) is 1. The van der Waals surface area contributed by atoms with E-state index < -0.39 is 11.6 Å². The van der Waals surface area contributed by atoms with Crippen LogP contribution in [-0.2, 0) is 4.79 Å². The van der Waals surface area contributed by atoms with Gasteiger partial charge < -0.3 is 11.1 Å². The van der Waals surface area contributed by atoms with Gasteiger partial charge in [-0.3, -0.25) is 4.79 Å². The number of carbonyl (C=O) groups is 1. The maximum Gasteiger partial charge on any atom is 0.225 e. The van der Waals surface area contributed by atoms with Crippen LogP contribution in [0.25, 0.3) is 0 Å². The highest BCUT2D eigenvalue weighted by Gasteiger charge is 2.23. The van der Waals surface area contributed by atoms with E-state index in [-0.39, 0.29) is 29.5 Å². The molecule has 1 unspecified atom stereocenters. The van der Waals surface area contributed by atoms with Crippen LogP contribution in [0.4, 0.5) is 14.5 Å². The van der Waals surface area contributed by atoms with Crippen molar-refractivity contribution in [3.05, 3.63) is 29.8 Å². The number of anilines is 1. The number of hydrogen-bond donors (Lipinski definition) is 2. The van der Waals surface area contributed by atoms with Crippen LogP contribution < -0.4 is 11.1 Å². The standard InChI is InChI=1S/C13H18F2N2O/c1-13(2,3)11(16)7-12(18)17-8-4-5-9(14)10(15)6-8/h4-6,11H,7,16H2,1-3H3,(H,17,18). The van der Waals surface area contributed by atoms with Gasteiger partial charge in [0.1, 0.15) is 0 Å². The van der Waals surface area contributed by atoms with Crippen LogP contribution in [0.15, 0.2) is 18.2 Å². The number of amides is 1. The minimum absolute atomic E-state index is 0.127. The maximum absolute atomic E-state index is 12.9. The smallest absolute Gasteiger partial charge is 0.225 e. The van der Waals surface area contributed by atoms with E-state index in [1.807, 2.05) is 20.8 Å². The van der Waals surface area contributed by atoms with Crippen LogP contribution in [0.1, 0.15) is 27.2 Å². The molecule has 1 atom stereocenters. The lowest BCUT2D eigenvalue weighted by Crippen LogP contribution is -2.38. The molecule has 0 saturated carbocycles. The molecular weight excluding hydrogens is 238 g/mol. The Kier molecular flexibility index (Phi) is 4.40. The number of hydrogen-bond acceptors (Lipinski definition) is 2. The maximum atomic E-state index is 12.9. The first kappa shape index (κ1) is 14.6. The van der Waals surface area contributed by atoms with Gasteiger partial charge in [0.2, 0.25) is 5.91 Å². The van der Waals surface area contributed by atoms with Crippen molar-refractivity contribution in [2.75, 3.05) is 5.32 Å². The van der Waals surface area contributed by atoms with Crippen molar-refractivity contribution in [1.82, 2.24) is 0 Å². The number of benzene rings is 1. The van der Waals surface area contributed by atoms with Crippen LogP contribution in [0.5, 0.6) is 0 Å². The summed E-state index contributed by atoms with van der Waals surface area (Å²) >= 11 is 0. The number of halogens is 2. The molecule has 0 heterocycles. The van der Waals surface area contributed by atoms with Gasteiger partial charge in [-0.15, -0.1) is 0 Å². The lowest BCUT2D eigenvalue weighted by Gasteiger charge is -2.26. The Bertz CT molecular complexity index is 441. The highest BCUT2D eigenvalue weighted by atomic mass is 19.2. The molecule has 0 spiro atoms. The number of carbonyl (C=O) groups excluding carboxylic acids is 1. The molecule has 0 aliphatic heterocycles. The van der Waals surface area contributed by atoms with Gasteiger partial charge in [0.25, 0.3) is 0 Å². The largest absolute Gasteiger partial charge is 0.327 e. The van der Waals surface area contributed by atoms with Crippen LogP contribution >= 0.6 is 0 Å². The normalized spacial score (nSPS) is 13.2. The Morgan fingerprint density at radius 3 is 2.44 bits per heavy atom. The minimum Gasteiger partial charge on any atom is -0.327 e. The molecule has 1 amide bonds. The van der Waals surface area contributed by atoms with E-state index in [4.69, 9.17) is 5.73 Å². The molecule has 3 nitrogen and oxygen atoms in total. The fourth-order valence-electron chi connectivity index (χ4n) is 1.29. The van der Waals surface area contributed by atoms with Gasteiger partial charge in [-0.05, 0) is 17.5 Å². The zero-order valence-corrected chi connectivity index (χ0v) is 10.8. The van der Waals surface area contributed by atoms with E-state index in [2.05, 4.69) is 5.32 Å². The Hall–Kier alpha value is -1.49. The molecule has 0 aromatic heterocycles. The quantitative estimate of drug-likeness (QED) is 0.873. The highest BCUT2D eigenvalue weighted by molar-refractivity contribution is 5.91. The van der Waals surface area contributed by atoms with Crippen molar-refractivity contribution < 1.29 is 13.6 Å². The summed E-state index contributed by atoms with van der Waals surface area (Å²) in [5.74, 6) is -2.25. The monoisotopic (exact) mass is 256 g/mol. The fraction of sp³-hybridized carbons (Fsp3) is 0.462. The van der Waals surface area contributed by atoms with Crippen LogP contribution in [0.3, 0.4) is 0 Å². The molecule has 0 aliphatic rings. The molecule has 1 aromatic carbocycles. The summed E-state index contributed by atoms with van der Waals surface area (Å²) in [5.41, 5.74) is 5.90. The van der Waals surface area contributed by atoms with Crippen molar-refractivity contribution in [2.45, 2.75) is 33.2 Å². The molecular formula is C13H18F2N2O. The third-order valence-corrected chi connectivity index (χ3v) is 2.72. The average molecular weight is 256 g/mol. The SMILES string of the molecule is CC(C)(C)C(N)CC(=O)Nc1ccc(F)c(F)c1. The minimum atomic E-state index is -0.993. The van der Waals surface area contributed by atoms with Crippen molar-refractivity contribution in [1.29, 1.82) is 0 Å². The lowest BCUT2D eigenvalue weighted by atomic mass is 9.85. The van der Waals surface area contributed by atoms with Gasteiger partial charge in [0.15, 0.2) is 11.6 Å². The van der Waals surface area contributed by atoms with Gasteiger partial charge in [-0.2, -0.15) is 0 Å². The van der Waals surface area contributed by atoms with Crippen molar-refractivity contribution in [3.63, 3.8) is 0 Å². The molecule has 18 heavy (non-hydrogen) atoms. The third kappa shape index (κ3) is 4.07. The average Bonchev–Trinajstić information content (AvgIpc) is 2.22. The summed E-state index contributed by atoms with van der Waals surface area (Å²) in [5, 5.41) is 2.49. The summed E-state index contributed by atoms with van der Waals surface area (Å²) in [6, 6.07) is 2.91. The summed E-state index contributed by atoms with van der Waals surface area (Å²) in [6.07, 6.45) is 0.127. The first-order chi connectivity index (χ1) is 8.20. The molecule has 100 valence electrons. The van der Waals surface area contributed by atoms with Gasteiger partial charge in [-0.1, -0.05) is 20.8 Å². The van der Waals surface area contributed by atoms with E-state index >= 15 is 0 Å². The van der Waals surface area contributed by atoms with Crippen molar-refractivity contribution in [2.24, 2.45) is 11.1 Å². The summed E-state index contributed by atoms with van der Waals surface area (Å²) < 4.78 is 25.6. The van der Waals surface area contributed by atoms with Gasteiger partial charge in [0, 0.05) is 24.2 Å². The molecule has 5 heteroatoms. The van der Waals surface area contributed by atoms with E-state index in [1.54, 1.807) is 0 Å². The van der Waals surface area contributed by atoms with Crippen LogP contribution in [0.2, 0.25) is 0 Å². The van der Waals surface area contributed by atoms with Gasteiger partial charge in [0.05, 0.1) is 0 Å². The fourth-order valence-corrected chi connectivity index (χ4v) is 1.29. The molecule has 1 rings (SSSR count). The molecule has 0 radical (unpaired) electrons. The molecule has 0 fully saturated rings. The van der Waals surface area contributed by atoms with Crippen LogP contribution in [-0.4, -0.2) is 11.9 Å². The third-order valence-electron chi connectivity index (χ3n) is 2.72. The number of rotatable bonds is 3. The second kappa shape index (κ2) is 5.44.